The molecule has 4 N–H and O–H groups in total. The summed E-state index contributed by atoms with van der Waals surface area (Å²) >= 11 is 0. The summed E-state index contributed by atoms with van der Waals surface area (Å²) in [7, 11) is -3.81. The number of pyridine rings is 1. The highest BCUT2D eigenvalue weighted by Crippen LogP contribution is 2.27. The second kappa shape index (κ2) is 8.50. The van der Waals surface area contributed by atoms with Crippen molar-refractivity contribution in [2.75, 3.05) is 10.0 Å². The van der Waals surface area contributed by atoms with Crippen LogP contribution in [0.15, 0.2) is 60.8 Å². The maximum atomic E-state index is 12.4. The Bertz CT molecular complexity index is 1230. The summed E-state index contributed by atoms with van der Waals surface area (Å²) in [6.45, 7) is 0. The van der Waals surface area contributed by atoms with Gasteiger partial charge in [0.15, 0.2) is 11.5 Å². The maximum absolute atomic E-state index is 12.4. The molecule has 0 aliphatic rings. The van der Waals surface area contributed by atoms with Gasteiger partial charge < -0.3 is 15.5 Å². The molecule has 0 unspecified atom stereocenters. The van der Waals surface area contributed by atoms with Gasteiger partial charge in [-0.1, -0.05) is 12.1 Å². The van der Waals surface area contributed by atoms with Gasteiger partial charge >= 0.3 is 0 Å². The molecule has 0 aliphatic carbocycles. The first kappa shape index (κ1) is 20.6. The quantitative estimate of drug-likeness (QED) is 0.350. The zero-order valence-corrected chi connectivity index (χ0v) is 16.2. The van der Waals surface area contributed by atoms with Crippen molar-refractivity contribution >= 4 is 27.4 Å². The van der Waals surface area contributed by atoms with Crippen molar-refractivity contribution in [1.82, 2.24) is 4.98 Å². The number of aromatic nitrogens is 1. The molecule has 10 heteroatoms. The number of carbonyl (C=O) groups excluding carboxylic acids is 1. The summed E-state index contributed by atoms with van der Waals surface area (Å²) < 4.78 is 27.1. The molecular formula is C20H16N4O5S. The minimum atomic E-state index is -3.81. The number of benzene rings is 2. The molecule has 1 amide bonds. The van der Waals surface area contributed by atoms with E-state index in [1.807, 2.05) is 6.07 Å². The van der Waals surface area contributed by atoms with Gasteiger partial charge in [-0.25, -0.2) is 13.4 Å². The average Bonchev–Trinajstić information content (AvgIpc) is 2.71. The number of nitrogens with zero attached hydrogens (tertiary/aromatic N) is 2. The van der Waals surface area contributed by atoms with E-state index in [9.17, 15) is 23.4 Å². The molecule has 0 spiro atoms. The number of nitrogens with one attached hydrogen (secondary N) is 2. The summed E-state index contributed by atoms with van der Waals surface area (Å²) in [6, 6.07) is 14.6. The van der Waals surface area contributed by atoms with Gasteiger partial charge in [0.25, 0.3) is 5.91 Å². The minimum absolute atomic E-state index is 0.0372. The van der Waals surface area contributed by atoms with Crippen molar-refractivity contribution in [2.24, 2.45) is 0 Å². The standard InChI is InChI=1S/C20H16N4O5S/c21-11-13-1-3-14(4-2-13)12-30(28,29)24-19-9-15(7-8-22-19)20(27)23-16-5-6-17(25)18(26)10-16/h1-10,25-26H,12H2,(H,22,24)(H,23,27). The number of sulfonamides is 1. The van der Waals surface area contributed by atoms with Gasteiger partial charge in [0.2, 0.25) is 10.0 Å². The molecule has 0 atom stereocenters. The van der Waals surface area contributed by atoms with Crippen molar-refractivity contribution < 1.29 is 23.4 Å². The third-order valence-corrected chi connectivity index (χ3v) is 5.19. The van der Waals surface area contributed by atoms with Crippen molar-refractivity contribution in [3.8, 4) is 17.6 Å². The van der Waals surface area contributed by atoms with Gasteiger partial charge in [-0.15, -0.1) is 0 Å². The monoisotopic (exact) mass is 424 g/mol. The molecule has 0 radical (unpaired) electrons. The van der Waals surface area contributed by atoms with Crippen LogP contribution in [-0.4, -0.2) is 29.5 Å². The smallest absolute Gasteiger partial charge is 0.255 e. The summed E-state index contributed by atoms with van der Waals surface area (Å²) in [5.74, 6) is -1.64. The molecule has 3 rings (SSSR count). The van der Waals surface area contributed by atoms with Gasteiger partial charge in [-0.3, -0.25) is 9.52 Å². The lowest BCUT2D eigenvalue weighted by Gasteiger charge is -2.10. The van der Waals surface area contributed by atoms with Crippen molar-refractivity contribution in [2.45, 2.75) is 5.75 Å². The summed E-state index contributed by atoms with van der Waals surface area (Å²) in [4.78, 5) is 16.3. The molecule has 1 aromatic heterocycles. The van der Waals surface area contributed by atoms with E-state index in [1.54, 1.807) is 12.1 Å². The van der Waals surface area contributed by atoms with Crippen LogP contribution in [-0.2, 0) is 15.8 Å². The number of carbonyl (C=O) groups is 1. The zero-order chi connectivity index (χ0) is 21.7. The second-order valence-corrected chi connectivity index (χ2v) is 7.98. The van der Waals surface area contributed by atoms with Crippen LogP contribution in [0.2, 0.25) is 0 Å². The number of phenolic OH excluding ortho intramolecular Hbond substituents is 2. The van der Waals surface area contributed by atoms with Crippen LogP contribution in [0.3, 0.4) is 0 Å². The number of amides is 1. The Kier molecular flexibility index (Phi) is 5.85. The van der Waals surface area contributed by atoms with E-state index in [2.05, 4.69) is 15.0 Å². The first-order valence-corrected chi connectivity index (χ1v) is 10.2. The predicted molar refractivity (Wildman–Crippen MR) is 109 cm³/mol. The number of anilines is 2. The Morgan fingerprint density at radius 2 is 1.77 bits per heavy atom. The fraction of sp³-hybridized carbons (Fsp3) is 0.0500. The highest BCUT2D eigenvalue weighted by atomic mass is 32.2. The van der Waals surface area contributed by atoms with Gasteiger partial charge in [-0.05, 0) is 42.0 Å². The number of rotatable bonds is 6. The largest absolute Gasteiger partial charge is 0.504 e. The third kappa shape index (κ3) is 5.24. The first-order chi connectivity index (χ1) is 14.3. The molecule has 9 nitrogen and oxygen atoms in total. The van der Waals surface area contributed by atoms with E-state index in [1.165, 1.54) is 48.7 Å². The van der Waals surface area contributed by atoms with E-state index < -0.39 is 21.7 Å². The van der Waals surface area contributed by atoms with Crippen molar-refractivity contribution in [3.63, 3.8) is 0 Å². The lowest BCUT2D eigenvalue weighted by Crippen LogP contribution is -2.17. The number of phenols is 2. The van der Waals surface area contributed by atoms with Crippen LogP contribution in [0.4, 0.5) is 11.5 Å². The molecule has 0 fully saturated rings. The number of hydrogen-bond acceptors (Lipinski definition) is 7. The Morgan fingerprint density at radius 1 is 1.03 bits per heavy atom. The van der Waals surface area contributed by atoms with E-state index in [0.29, 0.717) is 11.1 Å². The van der Waals surface area contributed by atoms with Gasteiger partial charge in [0.1, 0.15) is 5.82 Å². The van der Waals surface area contributed by atoms with Gasteiger partial charge in [0, 0.05) is 23.5 Å². The Hall–Kier alpha value is -4.10. The molecular weight excluding hydrogens is 408 g/mol. The summed E-state index contributed by atoms with van der Waals surface area (Å²) in [5.41, 5.74) is 1.29. The first-order valence-electron chi connectivity index (χ1n) is 8.55. The van der Waals surface area contributed by atoms with Crippen LogP contribution in [0.1, 0.15) is 21.5 Å². The molecule has 2 aromatic carbocycles. The molecule has 30 heavy (non-hydrogen) atoms. The lowest BCUT2D eigenvalue weighted by atomic mass is 10.2. The SMILES string of the molecule is N#Cc1ccc(CS(=O)(=O)Nc2cc(C(=O)Nc3ccc(O)c(O)c3)ccn2)cc1. The van der Waals surface area contributed by atoms with Crippen LogP contribution in [0.5, 0.6) is 11.5 Å². The highest BCUT2D eigenvalue weighted by molar-refractivity contribution is 7.91. The topological polar surface area (TPSA) is 152 Å². The maximum Gasteiger partial charge on any atom is 0.255 e. The molecule has 152 valence electrons. The normalized spacial score (nSPS) is 10.8. The van der Waals surface area contributed by atoms with Crippen molar-refractivity contribution in [3.05, 3.63) is 77.5 Å². The molecule has 1 heterocycles. The molecule has 0 saturated carbocycles. The Labute approximate surface area is 172 Å². The summed E-state index contributed by atoms with van der Waals surface area (Å²) in [5, 5.41) is 30.1. The molecule has 3 aromatic rings. The predicted octanol–water partition coefficient (Wildman–Crippen LogP) is 2.56. The van der Waals surface area contributed by atoms with Gasteiger partial charge in [-0.2, -0.15) is 5.26 Å². The van der Waals surface area contributed by atoms with E-state index in [4.69, 9.17) is 5.26 Å². The van der Waals surface area contributed by atoms with Crippen LogP contribution in [0.25, 0.3) is 0 Å². The molecule has 0 bridgehead atoms. The highest BCUT2D eigenvalue weighted by Gasteiger charge is 2.15. The van der Waals surface area contributed by atoms with E-state index in [0.717, 1.165) is 0 Å². The Balaban J connectivity index is 1.71. The fourth-order valence-electron chi connectivity index (χ4n) is 2.52. The van der Waals surface area contributed by atoms with Crippen molar-refractivity contribution in [1.29, 1.82) is 5.26 Å². The van der Waals surface area contributed by atoms with E-state index >= 15 is 0 Å². The molecule has 0 aliphatic heterocycles. The minimum Gasteiger partial charge on any atom is -0.504 e. The third-order valence-electron chi connectivity index (χ3n) is 3.96. The second-order valence-electron chi connectivity index (χ2n) is 6.26. The van der Waals surface area contributed by atoms with Crippen LogP contribution in [0, 0.1) is 11.3 Å². The molecule has 0 saturated heterocycles. The summed E-state index contributed by atoms with van der Waals surface area (Å²) in [6.07, 6.45) is 1.28. The van der Waals surface area contributed by atoms with E-state index in [-0.39, 0.29) is 28.6 Å². The number of aromatic hydroxyl groups is 2. The zero-order valence-electron chi connectivity index (χ0n) is 15.4. The Morgan fingerprint density at radius 3 is 2.43 bits per heavy atom. The van der Waals surface area contributed by atoms with Crippen LogP contribution >= 0.6 is 0 Å². The lowest BCUT2D eigenvalue weighted by molar-refractivity contribution is 0.102. The number of nitriles is 1. The fourth-order valence-corrected chi connectivity index (χ4v) is 3.66. The number of hydrogen-bond donors (Lipinski definition) is 4. The average molecular weight is 424 g/mol. The van der Waals surface area contributed by atoms with Crippen LogP contribution < -0.4 is 10.0 Å². The van der Waals surface area contributed by atoms with Gasteiger partial charge in [0.05, 0.1) is 17.4 Å².